The van der Waals surface area contributed by atoms with Crippen LogP contribution in [-0.4, -0.2) is 26.5 Å². The quantitative estimate of drug-likeness (QED) is 0.726. The maximum atomic E-state index is 13.3. The fourth-order valence-corrected chi connectivity index (χ4v) is 5.06. The second-order valence-corrected chi connectivity index (χ2v) is 8.78. The highest BCUT2D eigenvalue weighted by molar-refractivity contribution is 7.92. The van der Waals surface area contributed by atoms with E-state index >= 15 is 0 Å². The Bertz CT molecular complexity index is 1060. The number of aromatic nitrogens is 1. The number of fused-ring (bicyclic) bond motifs is 1. The summed E-state index contributed by atoms with van der Waals surface area (Å²) < 4.78 is 54.6. The average molecular weight is 395 g/mol. The van der Waals surface area contributed by atoms with Crippen molar-refractivity contribution in [1.82, 2.24) is 4.98 Å². The first kappa shape index (κ1) is 17.2. The lowest BCUT2D eigenvalue weighted by Gasteiger charge is -2.11. The highest BCUT2D eigenvalue weighted by Gasteiger charge is 2.19. The van der Waals surface area contributed by atoms with E-state index in [2.05, 4.69) is 14.6 Å². The van der Waals surface area contributed by atoms with Crippen molar-refractivity contribution in [2.24, 2.45) is 0 Å². The molecule has 3 aromatic rings. The lowest BCUT2D eigenvalue weighted by Crippen LogP contribution is -2.16. The number of anilines is 2. The van der Waals surface area contributed by atoms with Gasteiger partial charge in [-0.2, -0.15) is 0 Å². The van der Waals surface area contributed by atoms with Crippen molar-refractivity contribution in [3.05, 3.63) is 48.0 Å². The van der Waals surface area contributed by atoms with Crippen molar-refractivity contribution in [2.45, 2.75) is 17.7 Å². The molecule has 0 atom stereocenters. The number of nitrogens with zero attached hydrogens (tertiary/aromatic N) is 2. The molecule has 1 aliphatic rings. The van der Waals surface area contributed by atoms with Gasteiger partial charge in [0.05, 0.1) is 20.8 Å². The summed E-state index contributed by atoms with van der Waals surface area (Å²) in [6.07, 6.45) is 2.29. The van der Waals surface area contributed by atoms with E-state index in [1.54, 1.807) is 18.2 Å². The maximum Gasteiger partial charge on any atom is 0.262 e. The molecule has 9 heteroatoms. The fourth-order valence-electron chi connectivity index (χ4n) is 2.92. The first-order valence-electron chi connectivity index (χ1n) is 8.05. The Hall–Kier alpha value is -2.26. The number of benzene rings is 2. The molecule has 0 unspecified atom stereocenters. The predicted octanol–water partition coefficient (Wildman–Crippen LogP) is 3.98. The molecule has 0 spiro atoms. The summed E-state index contributed by atoms with van der Waals surface area (Å²) in [6.45, 7) is 1.95. The van der Waals surface area contributed by atoms with Crippen LogP contribution < -0.4 is 9.62 Å². The minimum atomic E-state index is -4.09. The molecule has 1 fully saturated rings. The lowest BCUT2D eigenvalue weighted by molar-refractivity contribution is 0.568. The third kappa shape index (κ3) is 3.36. The topological polar surface area (TPSA) is 62.3 Å². The molecule has 1 aliphatic heterocycles. The number of hydrogen-bond donors (Lipinski definition) is 1. The standard InChI is InChI=1S/C17H15F2N3O2S2/c18-11-7-12(19)9-14(8-11)26(23,24)21-13-3-4-15-16(10-13)25-17(20-15)22-5-1-2-6-22/h3-4,7-10,21H,1-2,5-6H2. The summed E-state index contributed by atoms with van der Waals surface area (Å²) in [5, 5.41) is 0.921. The number of halogens is 2. The van der Waals surface area contributed by atoms with Gasteiger partial charge in [-0.05, 0) is 43.2 Å². The van der Waals surface area contributed by atoms with E-state index in [-0.39, 0.29) is 0 Å². The molecule has 0 radical (unpaired) electrons. The molecule has 2 aromatic carbocycles. The van der Waals surface area contributed by atoms with Crippen LogP contribution in [0.1, 0.15) is 12.8 Å². The molecular weight excluding hydrogens is 380 g/mol. The number of nitrogens with one attached hydrogen (secondary N) is 1. The molecule has 1 aromatic heterocycles. The van der Waals surface area contributed by atoms with Crippen LogP contribution in [0.2, 0.25) is 0 Å². The number of hydrogen-bond acceptors (Lipinski definition) is 5. The van der Waals surface area contributed by atoms with Crippen molar-refractivity contribution in [1.29, 1.82) is 0 Å². The van der Waals surface area contributed by atoms with Gasteiger partial charge in [0.15, 0.2) is 5.13 Å². The Morgan fingerprint density at radius 1 is 1.04 bits per heavy atom. The van der Waals surface area contributed by atoms with Gasteiger partial charge < -0.3 is 4.90 Å². The summed E-state index contributed by atoms with van der Waals surface area (Å²) in [6, 6.07) is 7.19. The maximum absolute atomic E-state index is 13.3. The zero-order valence-electron chi connectivity index (χ0n) is 13.6. The second kappa shape index (κ2) is 6.48. The normalized spacial score (nSPS) is 14.9. The molecule has 4 rings (SSSR count). The molecule has 2 heterocycles. The summed E-state index contributed by atoms with van der Waals surface area (Å²) in [7, 11) is -4.09. The van der Waals surface area contributed by atoms with E-state index < -0.39 is 26.6 Å². The predicted molar refractivity (Wildman–Crippen MR) is 98.2 cm³/mol. The fraction of sp³-hybridized carbons (Fsp3) is 0.235. The molecule has 0 amide bonds. The third-order valence-corrected chi connectivity index (χ3v) is 6.59. The van der Waals surface area contributed by atoms with Gasteiger partial charge in [0.25, 0.3) is 10.0 Å². The van der Waals surface area contributed by atoms with Crippen LogP contribution in [0.25, 0.3) is 10.2 Å². The minimum Gasteiger partial charge on any atom is -0.348 e. The first-order valence-corrected chi connectivity index (χ1v) is 10.4. The van der Waals surface area contributed by atoms with Gasteiger partial charge >= 0.3 is 0 Å². The van der Waals surface area contributed by atoms with Crippen LogP contribution in [0.3, 0.4) is 0 Å². The molecule has 1 N–H and O–H groups in total. The van der Waals surface area contributed by atoms with Crippen molar-refractivity contribution in [3.63, 3.8) is 0 Å². The lowest BCUT2D eigenvalue weighted by atomic mass is 10.3. The van der Waals surface area contributed by atoms with E-state index in [1.165, 1.54) is 11.3 Å². The van der Waals surface area contributed by atoms with Crippen LogP contribution in [0, 0.1) is 11.6 Å². The van der Waals surface area contributed by atoms with E-state index in [1.807, 2.05) is 0 Å². The van der Waals surface area contributed by atoms with Gasteiger partial charge in [-0.3, -0.25) is 4.72 Å². The molecule has 0 bridgehead atoms. The van der Waals surface area contributed by atoms with Crippen LogP contribution in [-0.2, 0) is 10.0 Å². The Kier molecular flexibility index (Phi) is 4.28. The molecule has 136 valence electrons. The van der Waals surface area contributed by atoms with Gasteiger partial charge in [-0.15, -0.1) is 0 Å². The second-order valence-electron chi connectivity index (χ2n) is 6.08. The van der Waals surface area contributed by atoms with E-state index in [9.17, 15) is 17.2 Å². The highest BCUT2D eigenvalue weighted by atomic mass is 32.2. The van der Waals surface area contributed by atoms with Gasteiger partial charge in [0.2, 0.25) is 0 Å². The van der Waals surface area contributed by atoms with Crippen LogP contribution >= 0.6 is 11.3 Å². The summed E-state index contributed by atoms with van der Waals surface area (Å²) in [5.41, 5.74) is 1.11. The van der Waals surface area contributed by atoms with Gasteiger partial charge in [-0.25, -0.2) is 22.2 Å². The molecule has 5 nitrogen and oxygen atoms in total. The zero-order valence-corrected chi connectivity index (χ0v) is 15.2. The number of thiazole rings is 1. The van der Waals surface area contributed by atoms with Gasteiger partial charge in [-0.1, -0.05) is 11.3 Å². The molecule has 1 saturated heterocycles. The summed E-state index contributed by atoms with van der Waals surface area (Å²) in [4.78, 5) is 6.33. The van der Waals surface area contributed by atoms with E-state index in [0.717, 1.165) is 53.4 Å². The number of rotatable bonds is 4. The Morgan fingerprint density at radius 3 is 2.42 bits per heavy atom. The smallest absolute Gasteiger partial charge is 0.262 e. The van der Waals surface area contributed by atoms with E-state index in [4.69, 9.17) is 0 Å². The first-order chi connectivity index (χ1) is 12.4. The van der Waals surface area contributed by atoms with Crippen molar-refractivity contribution in [3.8, 4) is 0 Å². The van der Waals surface area contributed by atoms with Gasteiger partial charge in [0.1, 0.15) is 11.6 Å². The largest absolute Gasteiger partial charge is 0.348 e. The van der Waals surface area contributed by atoms with Crippen LogP contribution in [0.4, 0.5) is 19.6 Å². The molecule has 26 heavy (non-hydrogen) atoms. The summed E-state index contributed by atoms with van der Waals surface area (Å²) >= 11 is 1.50. The third-order valence-electron chi connectivity index (χ3n) is 4.15. The summed E-state index contributed by atoms with van der Waals surface area (Å²) in [5.74, 6) is -1.89. The highest BCUT2D eigenvalue weighted by Crippen LogP contribution is 2.33. The van der Waals surface area contributed by atoms with Crippen molar-refractivity contribution in [2.75, 3.05) is 22.7 Å². The van der Waals surface area contributed by atoms with Crippen LogP contribution in [0.5, 0.6) is 0 Å². The number of sulfonamides is 1. The van der Waals surface area contributed by atoms with E-state index in [0.29, 0.717) is 11.8 Å². The average Bonchev–Trinajstić information content (AvgIpc) is 3.22. The Morgan fingerprint density at radius 2 is 1.73 bits per heavy atom. The zero-order chi connectivity index (χ0) is 18.3. The Balaban J connectivity index is 1.63. The van der Waals surface area contributed by atoms with Crippen LogP contribution in [0.15, 0.2) is 41.3 Å². The minimum absolute atomic E-state index is 0.318. The monoisotopic (exact) mass is 395 g/mol. The van der Waals surface area contributed by atoms with Crippen molar-refractivity contribution < 1.29 is 17.2 Å². The van der Waals surface area contributed by atoms with Crippen molar-refractivity contribution >= 4 is 42.4 Å². The van der Waals surface area contributed by atoms with Gasteiger partial charge in [0, 0.05) is 19.2 Å². The molecule has 0 aliphatic carbocycles. The molecular formula is C17H15F2N3O2S2. The SMILES string of the molecule is O=S(=O)(Nc1ccc2nc(N3CCCC3)sc2c1)c1cc(F)cc(F)c1. The Labute approximate surface area is 153 Å². The molecule has 0 saturated carbocycles.